The van der Waals surface area contributed by atoms with Crippen molar-refractivity contribution in [2.45, 2.75) is 124 Å². The summed E-state index contributed by atoms with van der Waals surface area (Å²) in [5.41, 5.74) is 1.45. The summed E-state index contributed by atoms with van der Waals surface area (Å²) in [7, 11) is 0. The van der Waals surface area contributed by atoms with E-state index in [0.717, 1.165) is 44.3 Å². The molecule has 228 valence electrons. The number of carbonyl (C=O) groups excluding carboxylic acids is 2. The van der Waals surface area contributed by atoms with Gasteiger partial charge in [-0.3, -0.25) is 4.79 Å². The molecule has 0 unspecified atom stereocenters. The highest BCUT2D eigenvalue weighted by Crippen LogP contribution is 2.22. The third-order valence-corrected chi connectivity index (χ3v) is 7.77. The standard InChI is InChI=1S/C36H54O5/c1-5-7-8-17-28-39-32-24-26-33(27-25-32)41-34(37)31-22-20-30(21-23-31)19-16-14-12-10-9-11-13-15-18-29-40-35(38)36(3,4)6-2/h20-27H,5-19,28-29H2,1-4H3. The molecule has 0 atom stereocenters. The number of esters is 2. The van der Waals surface area contributed by atoms with E-state index in [1.54, 1.807) is 12.1 Å². The number of unbranched alkanes of at least 4 members (excludes halogenated alkanes) is 11. The lowest BCUT2D eigenvalue weighted by Gasteiger charge is -2.20. The normalized spacial score (nSPS) is 11.3. The van der Waals surface area contributed by atoms with Crippen LogP contribution in [0.5, 0.6) is 11.5 Å². The Balaban J connectivity index is 1.51. The minimum atomic E-state index is -0.367. The van der Waals surface area contributed by atoms with Crippen molar-refractivity contribution in [1.82, 2.24) is 0 Å². The SMILES string of the molecule is CCCCCCOc1ccc(OC(=O)c2ccc(CCCCCCCCCCCOC(=O)C(C)(C)CC)cc2)cc1. The van der Waals surface area contributed by atoms with Gasteiger partial charge in [0.1, 0.15) is 11.5 Å². The van der Waals surface area contributed by atoms with Gasteiger partial charge in [-0.15, -0.1) is 0 Å². The first-order chi connectivity index (χ1) is 19.9. The van der Waals surface area contributed by atoms with Crippen LogP contribution >= 0.6 is 0 Å². The highest BCUT2D eigenvalue weighted by Gasteiger charge is 2.26. The smallest absolute Gasteiger partial charge is 0.343 e. The van der Waals surface area contributed by atoms with Crippen molar-refractivity contribution < 1.29 is 23.8 Å². The average Bonchev–Trinajstić information content (AvgIpc) is 2.98. The second-order valence-electron chi connectivity index (χ2n) is 11.8. The highest BCUT2D eigenvalue weighted by molar-refractivity contribution is 5.91. The molecule has 0 spiro atoms. The zero-order valence-corrected chi connectivity index (χ0v) is 26.2. The van der Waals surface area contributed by atoms with E-state index >= 15 is 0 Å². The van der Waals surface area contributed by atoms with Crippen LogP contribution in [0.3, 0.4) is 0 Å². The van der Waals surface area contributed by atoms with E-state index in [1.807, 2.05) is 57.2 Å². The predicted octanol–water partition coefficient (Wildman–Crippen LogP) is 9.90. The molecule has 0 aliphatic rings. The lowest BCUT2D eigenvalue weighted by molar-refractivity contribution is -0.154. The number of aryl methyl sites for hydroxylation is 1. The molecule has 0 aromatic heterocycles. The number of hydrogen-bond acceptors (Lipinski definition) is 5. The van der Waals surface area contributed by atoms with E-state index in [4.69, 9.17) is 14.2 Å². The molecule has 2 rings (SSSR count). The number of carbonyl (C=O) groups is 2. The Morgan fingerprint density at radius 2 is 1.17 bits per heavy atom. The highest BCUT2D eigenvalue weighted by atomic mass is 16.5. The number of ether oxygens (including phenoxy) is 3. The molecule has 0 heterocycles. The molecule has 41 heavy (non-hydrogen) atoms. The van der Waals surface area contributed by atoms with Gasteiger partial charge in [0, 0.05) is 0 Å². The summed E-state index contributed by atoms with van der Waals surface area (Å²) in [6.07, 6.45) is 17.3. The van der Waals surface area contributed by atoms with E-state index in [9.17, 15) is 9.59 Å². The Labute approximate surface area is 249 Å². The summed E-state index contributed by atoms with van der Waals surface area (Å²) in [4.78, 5) is 24.5. The van der Waals surface area contributed by atoms with Crippen molar-refractivity contribution in [3.8, 4) is 11.5 Å². The fraction of sp³-hybridized carbons (Fsp3) is 0.611. The second-order valence-corrected chi connectivity index (χ2v) is 11.8. The fourth-order valence-corrected chi connectivity index (χ4v) is 4.47. The van der Waals surface area contributed by atoms with Crippen LogP contribution in [0.25, 0.3) is 0 Å². The molecule has 0 bridgehead atoms. The van der Waals surface area contributed by atoms with Crippen molar-refractivity contribution in [2.24, 2.45) is 5.41 Å². The summed E-state index contributed by atoms with van der Waals surface area (Å²) in [5, 5.41) is 0. The van der Waals surface area contributed by atoms with Crippen LogP contribution < -0.4 is 9.47 Å². The Morgan fingerprint density at radius 1 is 0.634 bits per heavy atom. The maximum Gasteiger partial charge on any atom is 0.343 e. The van der Waals surface area contributed by atoms with Crippen LogP contribution in [0.1, 0.15) is 134 Å². The molecule has 5 heteroatoms. The minimum Gasteiger partial charge on any atom is -0.494 e. The van der Waals surface area contributed by atoms with Crippen molar-refractivity contribution in [3.63, 3.8) is 0 Å². The lowest BCUT2D eigenvalue weighted by Crippen LogP contribution is -2.26. The molecule has 5 nitrogen and oxygen atoms in total. The molecule has 0 saturated heterocycles. The van der Waals surface area contributed by atoms with Crippen LogP contribution in [0.2, 0.25) is 0 Å². The van der Waals surface area contributed by atoms with Gasteiger partial charge in [-0.2, -0.15) is 0 Å². The molecular weight excluding hydrogens is 512 g/mol. The van der Waals surface area contributed by atoms with Gasteiger partial charge in [-0.1, -0.05) is 90.2 Å². The largest absolute Gasteiger partial charge is 0.494 e. The Morgan fingerprint density at radius 3 is 1.78 bits per heavy atom. The Kier molecular flexibility index (Phi) is 16.9. The van der Waals surface area contributed by atoms with Gasteiger partial charge in [0.25, 0.3) is 0 Å². The van der Waals surface area contributed by atoms with Crippen LogP contribution in [0.15, 0.2) is 48.5 Å². The third kappa shape index (κ3) is 14.6. The molecule has 2 aromatic rings. The zero-order valence-electron chi connectivity index (χ0n) is 26.2. The number of benzene rings is 2. The molecule has 0 saturated carbocycles. The topological polar surface area (TPSA) is 61.8 Å². The first kappa shape index (κ1) is 34.4. The van der Waals surface area contributed by atoms with Crippen LogP contribution in [-0.4, -0.2) is 25.2 Å². The van der Waals surface area contributed by atoms with Crippen molar-refractivity contribution >= 4 is 11.9 Å². The predicted molar refractivity (Wildman–Crippen MR) is 168 cm³/mol. The van der Waals surface area contributed by atoms with Crippen molar-refractivity contribution in [1.29, 1.82) is 0 Å². The van der Waals surface area contributed by atoms with Crippen molar-refractivity contribution in [2.75, 3.05) is 13.2 Å². The third-order valence-electron chi connectivity index (χ3n) is 7.77. The van der Waals surface area contributed by atoms with Gasteiger partial charge >= 0.3 is 11.9 Å². The fourth-order valence-electron chi connectivity index (χ4n) is 4.47. The van der Waals surface area contributed by atoms with Gasteiger partial charge in [-0.05, 0) is 87.9 Å². The Hall–Kier alpha value is -2.82. The summed E-state index contributed by atoms with van der Waals surface area (Å²) in [5.74, 6) is 0.906. The maximum atomic E-state index is 12.5. The molecule has 0 aliphatic heterocycles. The molecule has 0 N–H and O–H groups in total. The van der Waals surface area contributed by atoms with E-state index < -0.39 is 0 Å². The van der Waals surface area contributed by atoms with Crippen molar-refractivity contribution in [3.05, 3.63) is 59.7 Å². The quantitative estimate of drug-likeness (QED) is 0.0806. The molecule has 0 aliphatic carbocycles. The van der Waals surface area contributed by atoms with Crippen LogP contribution in [-0.2, 0) is 16.0 Å². The van der Waals surface area contributed by atoms with Gasteiger partial charge in [0.2, 0.25) is 0 Å². The maximum absolute atomic E-state index is 12.5. The monoisotopic (exact) mass is 566 g/mol. The summed E-state index contributed by atoms with van der Waals surface area (Å²) in [6, 6.07) is 15.0. The van der Waals surface area contributed by atoms with Gasteiger partial charge in [0.05, 0.1) is 24.2 Å². The molecular formula is C36H54O5. The summed E-state index contributed by atoms with van der Waals surface area (Å²) in [6.45, 7) is 9.37. The van der Waals surface area contributed by atoms with E-state index in [0.29, 0.717) is 24.5 Å². The summed E-state index contributed by atoms with van der Waals surface area (Å²) < 4.78 is 16.7. The average molecular weight is 567 g/mol. The first-order valence-electron chi connectivity index (χ1n) is 16.1. The Bertz CT molecular complexity index is 978. The molecule has 0 radical (unpaired) electrons. The van der Waals surface area contributed by atoms with Gasteiger partial charge in [0.15, 0.2) is 0 Å². The van der Waals surface area contributed by atoms with Gasteiger partial charge < -0.3 is 14.2 Å². The van der Waals surface area contributed by atoms with Gasteiger partial charge in [-0.25, -0.2) is 4.79 Å². The van der Waals surface area contributed by atoms with E-state index in [-0.39, 0.29) is 17.4 Å². The summed E-state index contributed by atoms with van der Waals surface area (Å²) >= 11 is 0. The second kappa shape index (κ2) is 20.1. The van der Waals surface area contributed by atoms with Crippen LogP contribution in [0.4, 0.5) is 0 Å². The minimum absolute atomic E-state index is 0.0744. The number of rotatable bonds is 22. The van der Waals surface area contributed by atoms with E-state index in [2.05, 4.69) is 6.92 Å². The molecule has 0 amide bonds. The first-order valence-corrected chi connectivity index (χ1v) is 16.1. The van der Waals surface area contributed by atoms with Crippen LogP contribution in [0, 0.1) is 5.41 Å². The zero-order chi connectivity index (χ0) is 29.8. The lowest BCUT2D eigenvalue weighted by atomic mass is 9.91. The van der Waals surface area contributed by atoms with E-state index in [1.165, 1.54) is 63.4 Å². The molecule has 0 fully saturated rings. The molecule has 2 aromatic carbocycles. The number of hydrogen-bond donors (Lipinski definition) is 0.